The molecule has 1 aromatic heterocycles. The van der Waals surface area contributed by atoms with E-state index in [1.165, 1.54) is 0 Å². The van der Waals surface area contributed by atoms with Crippen molar-refractivity contribution in [3.8, 4) is 0 Å². The minimum absolute atomic E-state index is 0.111. The van der Waals surface area contributed by atoms with E-state index < -0.39 is 0 Å². The molecule has 1 amide bonds. The number of rotatable bonds is 1. The van der Waals surface area contributed by atoms with Gasteiger partial charge in [-0.1, -0.05) is 18.2 Å². The molecule has 0 radical (unpaired) electrons. The Morgan fingerprint density at radius 1 is 1.28 bits per heavy atom. The number of para-hydroxylation sites is 1. The first-order valence-electron chi connectivity index (χ1n) is 6.36. The van der Waals surface area contributed by atoms with Gasteiger partial charge in [0.15, 0.2) is 0 Å². The van der Waals surface area contributed by atoms with Crippen molar-refractivity contribution in [3.63, 3.8) is 0 Å². The predicted molar refractivity (Wildman–Crippen MR) is 71.4 cm³/mol. The number of nitrogens with two attached hydrogens (primary N) is 1. The van der Waals surface area contributed by atoms with Gasteiger partial charge in [0.2, 0.25) is 0 Å². The van der Waals surface area contributed by atoms with Crippen LogP contribution in [0.5, 0.6) is 0 Å². The molecule has 4 heteroatoms. The zero-order valence-corrected chi connectivity index (χ0v) is 10.2. The number of carbonyl (C=O) groups excluding carboxylic acids is 1. The summed E-state index contributed by atoms with van der Waals surface area (Å²) in [6.45, 7) is 1.53. The number of amides is 1. The molecule has 18 heavy (non-hydrogen) atoms. The summed E-state index contributed by atoms with van der Waals surface area (Å²) in [5.74, 6) is 0.111. The molecule has 3 rings (SSSR count). The quantitative estimate of drug-likeness (QED) is 0.801. The van der Waals surface area contributed by atoms with E-state index in [4.69, 9.17) is 5.73 Å². The summed E-state index contributed by atoms with van der Waals surface area (Å²) in [4.78, 5) is 17.5. The largest absolute Gasteiger partial charge is 0.360 e. The van der Waals surface area contributed by atoms with Crippen LogP contribution in [0, 0.1) is 0 Å². The molecule has 4 nitrogen and oxygen atoms in total. The maximum absolute atomic E-state index is 12.4. The second kappa shape index (κ2) is 4.46. The Kier molecular flexibility index (Phi) is 2.80. The van der Waals surface area contributed by atoms with Crippen LogP contribution in [0.3, 0.4) is 0 Å². The van der Waals surface area contributed by atoms with Gasteiger partial charge < -0.3 is 15.6 Å². The summed E-state index contributed by atoms with van der Waals surface area (Å²) < 4.78 is 0. The minimum atomic E-state index is 0.111. The number of aromatic amines is 1. The van der Waals surface area contributed by atoms with Gasteiger partial charge in [-0.3, -0.25) is 4.79 Å². The number of likely N-dealkylation sites (tertiary alicyclic amines) is 1. The van der Waals surface area contributed by atoms with Crippen molar-refractivity contribution in [2.24, 2.45) is 5.73 Å². The number of H-pyrrole nitrogens is 1. The first-order chi connectivity index (χ1) is 8.75. The number of carbonyl (C=O) groups is 1. The minimum Gasteiger partial charge on any atom is -0.360 e. The van der Waals surface area contributed by atoms with E-state index in [0.29, 0.717) is 0 Å². The van der Waals surface area contributed by atoms with Crippen LogP contribution in [0.1, 0.15) is 23.2 Å². The molecule has 1 saturated heterocycles. The van der Waals surface area contributed by atoms with E-state index in [0.717, 1.165) is 42.4 Å². The molecule has 0 unspecified atom stereocenters. The van der Waals surface area contributed by atoms with Crippen LogP contribution in [0.15, 0.2) is 30.5 Å². The fourth-order valence-electron chi connectivity index (χ4n) is 2.52. The standard InChI is InChI=1S/C14H17N3O/c15-10-5-7-17(8-6-10)14(18)12-9-16-13-4-2-1-3-11(12)13/h1-4,9-10,16H,5-8,15H2. The Bertz CT molecular complexity index is 567. The average molecular weight is 243 g/mol. The van der Waals surface area contributed by atoms with E-state index in [9.17, 15) is 4.79 Å². The third kappa shape index (κ3) is 1.88. The fraction of sp³-hybridized carbons (Fsp3) is 0.357. The van der Waals surface area contributed by atoms with Crippen molar-refractivity contribution < 1.29 is 4.79 Å². The lowest BCUT2D eigenvalue weighted by atomic mass is 10.0. The van der Waals surface area contributed by atoms with Crippen molar-refractivity contribution in [2.75, 3.05) is 13.1 Å². The lowest BCUT2D eigenvalue weighted by molar-refractivity contribution is 0.0717. The van der Waals surface area contributed by atoms with Crippen LogP contribution in [0.4, 0.5) is 0 Å². The van der Waals surface area contributed by atoms with Crippen molar-refractivity contribution >= 4 is 16.8 Å². The highest BCUT2D eigenvalue weighted by atomic mass is 16.2. The zero-order chi connectivity index (χ0) is 12.5. The molecule has 1 aliphatic rings. The van der Waals surface area contributed by atoms with Gasteiger partial charge in [-0.05, 0) is 18.9 Å². The van der Waals surface area contributed by atoms with Crippen molar-refractivity contribution in [1.82, 2.24) is 9.88 Å². The Balaban J connectivity index is 1.88. The first kappa shape index (κ1) is 11.3. The highest BCUT2D eigenvalue weighted by Gasteiger charge is 2.23. The smallest absolute Gasteiger partial charge is 0.256 e. The van der Waals surface area contributed by atoms with Crippen LogP contribution in [-0.4, -0.2) is 34.9 Å². The van der Waals surface area contributed by atoms with E-state index in [-0.39, 0.29) is 11.9 Å². The Hall–Kier alpha value is -1.81. The van der Waals surface area contributed by atoms with Crippen LogP contribution < -0.4 is 5.73 Å². The molecule has 94 valence electrons. The Morgan fingerprint density at radius 2 is 2.00 bits per heavy atom. The van der Waals surface area contributed by atoms with Gasteiger partial charge >= 0.3 is 0 Å². The van der Waals surface area contributed by atoms with Gasteiger partial charge in [0, 0.05) is 36.2 Å². The SMILES string of the molecule is NC1CCN(C(=O)c2c[nH]c3ccccc23)CC1. The highest BCUT2D eigenvalue weighted by Crippen LogP contribution is 2.21. The molecule has 1 fully saturated rings. The summed E-state index contributed by atoms with van der Waals surface area (Å²) in [5.41, 5.74) is 7.64. The van der Waals surface area contributed by atoms with Crippen LogP contribution in [0.2, 0.25) is 0 Å². The lowest BCUT2D eigenvalue weighted by Crippen LogP contribution is -2.42. The number of piperidine rings is 1. The highest BCUT2D eigenvalue weighted by molar-refractivity contribution is 6.06. The number of nitrogens with zero attached hydrogens (tertiary/aromatic N) is 1. The number of hydrogen-bond acceptors (Lipinski definition) is 2. The summed E-state index contributed by atoms with van der Waals surface area (Å²) in [5, 5.41) is 0.998. The normalized spacial score (nSPS) is 17.3. The van der Waals surface area contributed by atoms with E-state index in [2.05, 4.69) is 4.98 Å². The van der Waals surface area contributed by atoms with Crippen molar-refractivity contribution in [2.45, 2.75) is 18.9 Å². The number of aromatic nitrogens is 1. The second-order valence-corrected chi connectivity index (χ2v) is 4.88. The molecule has 0 bridgehead atoms. The molecule has 3 N–H and O–H groups in total. The third-order valence-corrected chi connectivity index (χ3v) is 3.65. The molecule has 2 heterocycles. The maximum atomic E-state index is 12.4. The molecule has 1 aliphatic heterocycles. The van der Waals surface area contributed by atoms with Crippen LogP contribution in [-0.2, 0) is 0 Å². The Labute approximate surface area is 106 Å². The molecule has 0 saturated carbocycles. The van der Waals surface area contributed by atoms with Gasteiger partial charge in [0.05, 0.1) is 5.56 Å². The van der Waals surface area contributed by atoms with Crippen LogP contribution in [0.25, 0.3) is 10.9 Å². The Morgan fingerprint density at radius 3 is 2.78 bits per heavy atom. The summed E-state index contributed by atoms with van der Waals surface area (Å²) >= 11 is 0. The molecule has 0 spiro atoms. The predicted octanol–water partition coefficient (Wildman–Crippen LogP) is 1.73. The lowest BCUT2D eigenvalue weighted by Gasteiger charge is -2.30. The number of fused-ring (bicyclic) bond motifs is 1. The summed E-state index contributed by atoms with van der Waals surface area (Å²) in [6.07, 6.45) is 3.60. The van der Waals surface area contributed by atoms with Crippen molar-refractivity contribution in [3.05, 3.63) is 36.0 Å². The molecule has 2 aromatic rings. The monoisotopic (exact) mass is 243 g/mol. The number of nitrogens with one attached hydrogen (secondary N) is 1. The molecular weight excluding hydrogens is 226 g/mol. The molecule has 1 aromatic carbocycles. The van der Waals surface area contributed by atoms with Gasteiger partial charge in [-0.15, -0.1) is 0 Å². The molecular formula is C14H17N3O. The number of hydrogen-bond donors (Lipinski definition) is 2. The van der Waals surface area contributed by atoms with Crippen molar-refractivity contribution in [1.29, 1.82) is 0 Å². The van der Waals surface area contributed by atoms with E-state index in [1.807, 2.05) is 35.4 Å². The van der Waals surface area contributed by atoms with E-state index in [1.54, 1.807) is 0 Å². The van der Waals surface area contributed by atoms with E-state index >= 15 is 0 Å². The van der Waals surface area contributed by atoms with Gasteiger partial charge in [0.1, 0.15) is 0 Å². The molecule has 0 aliphatic carbocycles. The van der Waals surface area contributed by atoms with Gasteiger partial charge in [0.25, 0.3) is 5.91 Å². The zero-order valence-electron chi connectivity index (χ0n) is 10.2. The average Bonchev–Trinajstić information content (AvgIpc) is 2.82. The maximum Gasteiger partial charge on any atom is 0.256 e. The van der Waals surface area contributed by atoms with Gasteiger partial charge in [-0.2, -0.15) is 0 Å². The summed E-state index contributed by atoms with van der Waals surface area (Å²) in [6, 6.07) is 8.14. The number of benzene rings is 1. The molecule has 0 atom stereocenters. The second-order valence-electron chi connectivity index (χ2n) is 4.88. The topological polar surface area (TPSA) is 62.1 Å². The fourth-order valence-corrected chi connectivity index (χ4v) is 2.52. The summed E-state index contributed by atoms with van der Waals surface area (Å²) in [7, 11) is 0. The van der Waals surface area contributed by atoms with Gasteiger partial charge in [-0.25, -0.2) is 0 Å². The third-order valence-electron chi connectivity index (χ3n) is 3.65. The van der Waals surface area contributed by atoms with Crippen LogP contribution >= 0.6 is 0 Å². The first-order valence-corrected chi connectivity index (χ1v) is 6.36.